The number of benzene rings is 2. The van der Waals surface area contributed by atoms with Crippen molar-refractivity contribution in [2.75, 3.05) is 0 Å². The lowest BCUT2D eigenvalue weighted by Crippen LogP contribution is -1.96. The minimum atomic E-state index is 0.140. The van der Waals surface area contributed by atoms with E-state index in [2.05, 4.69) is 10.1 Å². The maximum atomic E-state index is 6.09. The minimum absolute atomic E-state index is 0.140. The average Bonchev–Trinajstić information content (AvgIpc) is 2.96. The Balaban J connectivity index is 1.74. The van der Waals surface area contributed by atoms with Gasteiger partial charge in [0.25, 0.3) is 5.89 Å². The maximum absolute atomic E-state index is 6.09. The summed E-state index contributed by atoms with van der Waals surface area (Å²) in [6.07, 6.45) is 0. The Morgan fingerprint density at radius 1 is 0.952 bits per heavy atom. The van der Waals surface area contributed by atoms with Crippen molar-refractivity contribution in [1.29, 1.82) is 0 Å². The summed E-state index contributed by atoms with van der Waals surface area (Å²) in [4.78, 5) is 4.26. The summed E-state index contributed by atoms with van der Waals surface area (Å²) >= 11 is 12.1. The fraction of sp³-hybridized carbons (Fsp3) is 0.0667. The van der Waals surface area contributed by atoms with E-state index < -0.39 is 0 Å². The number of hydrogen-bond donors (Lipinski definition) is 0. The van der Waals surface area contributed by atoms with E-state index in [0.717, 1.165) is 0 Å². The Morgan fingerprint density at radius 2 is 1.67 bits per heavy atom. The average molecular weight is 321 g/mol. The third kappa shape index (κ3) is 3.17. The molecule has 1 heterocycles. The van der Waals surface area contributed by atoms with Gasteiger partial charge in [0.15, 0.2) is 6.61 Å². The molecule has 0 saturated heterocycles. The van der Waals surface area contributed by atoms with Crippen LogP contribution in [0.1, 0.15) is 5.89 Å². The molecule has 0 spiro atoms. The first kappa shape index (κ1) is 13.9. The van der Waals surface area contributed by atoms with E-state index in [1.807, 2.05) is 30.3 Å². The highest BCUT2D eigenvalue weighted by Crippen LogP contribution is 2.26. The van der Waals surface area contributed by atoms with Crippen LogP contribution in [0.15, 0.2) is 53.1 Å². The predicted octanol–water partition coefficient (Wildman–Crippen LogP) is 4.62. The number of rotatable bonds is 4. The van der Waals surface area contributed by atoms with E-state index in [-0.39, 0.29) is 6.61 Å². The molecule has 2 aromatic carbocycles. The zero-order chi connectivity index (χ0) is 14.7. The first-order chi connectivity index (χ1) is 10.2. The summed E-state index contributed by atoms with van der Waals surface area (Å²) in [5.41, 5.74) is 0.715. The molecule has 0 radical (unpaired) electrons. The zero-order valence-corrected chi connectivity index (χ0v) is 12.3. The summed E-state index contributed by atoms with van der Waals surface area (Å²) in [7, 11) is 0. The van der Waals surface area contributed by atoms with Crippen LogP contribution in [-0.4, -0.2) is 10.1 Å². The normalized spacial score (nSPS) is 10.6. The molecule has 0 bridgehead atoms. The molecule has 106 valence electrons. The molecule has 0 atom stereocenters. The molecule has 4 nitrogen and oxygen atoms in total. The van der Waals surface area contributed by atoms with Gasteiger partial charge in [0.05, 0.1) is 10.0 Å². The van der Waals surface area contributed by atoms with Crippen molar-refractivity contribution in [3.8, 4) is 17.1 Å². The second kappa shape index (κ2) is 6.16. The number of hydrogen-bond acceptors (Lipinski definition) is 4. The zero-order valence-electron chi connectivity index (χ0n) is 10.8. The van der Waals surface area contributed by atoms with Crippen molar-refractivity contribution in [3.05, 3.63) is 64.5 Å². The van der Waals surface area contributed by atoms with Crippen LogP contribution < -0.4 is 4.74 Å². The highest BCUT2D eigenvalue weighted by Gasteiger charge is 2.12. The van der Waals surface area contributed by atoms with Gasteiger partial charge < -0.3 is 9.26 Å². The molecule has 0 aliphatic carbocycles. The van der Waals surface area contributed by atoms with Gasteiger partial charge in [-0.25, -0.2) is 0 Å². The first-order valence-electron chi connectivity index (χ1n) is 6.19. The maximum Gasteiger partial charge on any atom is 0.264 e. The fourth-order valence-corrected chi connectivity index (χ4v) is 2.18. The third-order valence-electron chi connectivity index (χ3n) is 2.77. The minimum Gasteiger partial charge on any atom is -0.482 e. The molecular formula is C15H10Cl2N2O2. The van der Waals surface area contributed by atoms with E-state index >= 15 is 0 Å². The molecule has 0 aliphatic heterocycles. The highest BCUT2D eigenvalue weighted by atomic mass is 35.5. The molecule has 3 aromatic rings. The Bertz CT molecular complexity index is 759. The second-order valence-electron chi connectivity index (χ2n) is 4.21. The molecule has 0 N–H and O–H groups in total. The van der Waals surface area contributed by atoms with Crippen LogP contribution in [0.2, 0.25) is 10.0 Å². The molecular weight excluding hydrogens is 311 g/mol. The van der Waals surface area contributed by atoms with Crippen LogP contribution in [-0.2, 0) is 6.61 Å². The Kier molecular flexibility index (Phi) is 4.08. The van der Waals surface area contributed by atoms with E-state index in [4.69, 9.17) is 32.5 Å². The Hall–Kier alpha value is -2.04. The van der Waals surface area contributed by atoms with Crippen LogP contribution in [0.4, 0.5) is 0 Å². The van der Waals surface area contributed by atoms with Crippen LogP contribution in [0.25, 0.3) is 11.4 Å². The monoisotopic (exact) mass is 320 g/mol. The van der Waals surface area contributed by atoms with Crippen LogP contribution >= 0.6 is 23.2 Å². The van der Waals surface area contributed by atoms with Gasteiger partial charge in [-0.1, -0.05) is 52.6 Å². The summed E-state index contributed by atoms with van der Waals surface area (Å²) < 4.78 is 10.7. The molecule has 0 fully saturated rings. The lowest BCUT2D eigenvalue weighted by Gasteiger charge is -2.04. The first-order valence-corrected chi connectivity index (χ1v) is 6.94. The molecule has 3 rings (SSSR count). The van der Waals surface area contributed by atoms with Gasteiger partial charge in [-0.3, -0.25) is 0 Å². The fourth-order valence-electron chi connectivity index (χ4n) is 1.77. The van der Waals surface area contributed by atoms with Crippen molar-refractivity contribution in [3.63, 3.8) is 0 Å². The topological polar surface area (TPSA) is 48.2 Å². The van der Waals surface area contributed by atoms with Gasteiger partial charge in [-0.05, 0) is 24.3 Å². The summed E-state index contributed by atoms with van der Waals surface area (Å²) in [6, 6.07) is 14.5. The quantitative estimate of drug-likeness (QED) is 0.703. The Morgan fingerprint density at radius 3 is 2.43 bits per heavy atom. The molecule has 0 amide bonds. The lowest BCUT2D eigenvalue weighted by molar-refractivity contribution is 0.243. The van der Waals surface area contributed by atoms with Gasteiger partial charge in [-0.2, -0.15) is 4.98 Å². The van der Waals surface area contributed by atoms with Crippen molar-refractivity contribution in [2.45, 2.75) is 6.61 Å². The van der Waals surface area contributed by atoms with Crippen molar-refractivity contribution in [1.82, 2.24) is 10.1 Å². The van der Waals surface area contributed by atoms with Gasteiger partial charge in [-0.15, -0.1) is 0 Å². The summed E-state index contributed by atoms with van der Waals surface area (Å²) in [5.74, 6) is 1.35. The number of para-hydroxylation sites is 1. The number of halogens is 2. The molecule has 1 aromatic heterocycles. The lowest BCUT2D eigenvalue weighted by atomic mass is 10.2. The second-order valence-corrected chi connectivity index (χ2v) is 5.03. The van der Waals surface area contributed by atoms with Crippen LogP contribution in [0.3, 0.4) is 0 Å². The van der Waals surface area contributed by atoms with Gasteiger partial charge in [0.2, 0.25) is 5.82 Å². The molecule has 0 saturated carbocycles. The van der Waals surface area contributed by atoms with Crippen LogP contribution in [0.5, 0.6) is 5.75 Å². The standard InChI is InChI=1S/C15H10Cl2N2O2/c16-11-6-2-1-5-10(11)15-18-14(21-19-15)9-20-13-8-4-3-7-12(13)17/h1-8H,9H2. The number of ether oxygens (including phenoxy) is 1. The largest absolute Gasteiger partial charge is 0.482 e. The van der Waals surface area contributed by atoms with Gasteiger partial charge >= 0.3 is 0 Å². The van der Waals surface area contributed by atoms with E-state index in [1.54, 1.807) is 18.2 Å². The van der Waals surface area contributed by atoms with Crippen molar-refractivity contribution >= 4 is 23.2 Å². The predicted molar refractivity (Wildman–Crippen MR) is 80.5 cm³/mol. The Labute approximate surface area is 131 Å². The highest BCUT2D eigenvalue weighted by molar-refractivity contribution is 6.33. The molecule has 0 aliphatic rings. The molecule has 21 heavy (non-hydrogen) atoms. The van der Waals surface area contributed by atoms with E-state index in [0.29, 0.717) is 33.1 Å². The van der Waals surface area contributed by atoms with Crippen molar-refractivity contribution < 1.29 is 9.26 Å². The molecule has 6 heteroatoms. The third-order valence-corrected chi connectivity index (χ3v) is 3.41. The number of aromatic nitrogens is 2. The molecule has 0 unspecified atom stereocenters. The van der Waals surface area contributed by atoms with Crippen LogP contribution in [0, 0.1) is 0 Å². The van der Waals surface area contributed by atoms with Gasteiger partial charge in [0.1, 0.15) is 5.75 Å². The summed E-state index contributed by atoms with van der Waals surface area (Å²) in [5, 5.41) is 5.00. The van der Waals surface area contributed by atoms with E-state index in [1.165, 1.54) is 0 Å². The van der Waals surface area contributed by atoms with Gasteiger partial charge in [0, 0.05) is 5.56 Å². The summed E-state index contributed by atoms with van der Waals surface area (Å²) in [6.45, 7) is 0.140. The van der Waals surface area contributed by atoms with Crippen molar-refractivity contribution in [2.24, 2.45) is 0 Å². The van der Waals surface area contributed by atoms with E-state index in [9.17, 15) is 0 Å². The number of nitrogens with zero attached hydrogens (tertiary/aromatic N) is 2. The SMILES string of the molecule is Clc1ccccc1OCc1nc(-c2ccccc2Cl)no1. The smallest absolute Gasteiger partial charge is 0.264 e.